The van der Waals surface area contributed by atoms with Crippen molar-refractivity contribution in [2.45, 2.75) is 37.6 Å². The van der Waals surface area contributed by atoms with E-state index >= 15 is 0 Å². The van der Waals surface area contributed by atoms with Gasteiger partial charge in [-0.1, -0.05) is 6.07 Å². The van der Waals surface area contributed by atoms with Crippen LogP contribution in [0.2, 0.25) is 0 Å². The Morgan fingerprint density at radius 1 is 1.32 bits per heavy atom. The first kappa shape index (κ1) is 12.9. The first-order valence-electron chi connectivity index (χ1n) is 7.28. The van der Waals surface area contributed by atoms with Crippen molar-refractivity contribution in [3.05, 3.63) is 29.3 Å². The highest BCUT2D eigenvalue weighted by Gasteiger charge is 2.48. The van der Waals surface area contributed by atoms with Crippen LogP contribution in [0.15, 0.2) is 18.2 Å². The number of unbranched alkanes of at least 4 members (excludes halogenated alkanes) is 1. The third-order valence-corrected chi connectivity index (χ3v) is 4.54. The van der Waals surface area contributed by atoms with E-state index in [0.717, 1.165) is 31.7 Å². The quantitative estimate of drug-likeness (QED) is 0.826. The van der Waals surface area contributed by atoms with Crippen molar-refractivity contribution in [2.75, 3.05) is 26.8 Å². The summed E-state index contributed by atoms with van der Waals surface area (Å²) in [5, 5.41) is 8.89. The second-order valence-corrected chi connectivity index (χ2v) is 5.94. The maximum atomic E-state index is 8.89. The molecular formula is C16H23NO2. The van der Waals surface area contributed by atoms with Crippen LogP contribution in [0.1, 0.15) is 36.8 Å². The van der Waals surface area contributed by atoms with E-state index in [-0.39, 0.29) is 0 Å². The van der Waals surface area contributed by atoms with Crippen molar-refractivity contribution in [2.24, 2.45) is 0 Å². The van der Waals surface area contributed by atoms with E-state index in [2.05, 4.69) is 23.1 Å². The summed E-state index contributed by atoms with van der Waals surface area (Å²) in [6.07, 6.45) is 4.63. The molecule has 1 saturated carbocycles. The lowest BCUT2D eigenvalue weighted by atomic mass is 9.86. The van der Waals surface area contributed by atoms with Crippen molar-refractivity contribution in [1.29, 1.82) is 0 Å². The molecule has 1 aliphatic heterocycles. The highest BCUT2D eigenvalue weighted by molar-refractivity contribution is 5.45. The molecule has 1 fully saturated rings. The molecule has 0 atom stereocenters. The normalized spacial score (nSPS) is 20.3. The number of benzene rings is 1. The smallest absolute Gasteiger partial charge is 0.119 e. The van der Waals surface area contributed by atoms with Gasteiger partial charge in [0, 0.05) is 25.1 Å². The number of rotatable bonds is 5. The maximum absolute atomic E-state index is 8.89. The highest BCUT2D eigenvalue weighted by Crippen LogP contribution is 2.53. The average Bonchev–Trinajstić information content (AvgIpc) is 3.19. The minimum atomic E-state index is 0.312. The van der Waals surface area contributed by atoms with E-state index in [1.54, 1.807) is 7.11 Å². The number of nitrogens with zero attached hydrogens (tertiary/aromatic N) is 1. The lowest BCUT2D eigenvalue weighted by Gasteiger charge is -2.35. The van der Waals surface area contributed by atoms with Gasteiger partial charge in [-0.05, 0) is 55.5 Å². The fourth-order valence-corrected chi connectivity index (χ4v) is 3.31. The predicted molar refractivity (Wildman–Crippen MR) is 75.5 cm³/mol. The molecule has 3 nitrogen and oxygen atoms in total. The van der Waals surface area contributed by atoms with Crippen molar-refractivity contribution >= 4 is 0 Å². The molecule has 0 amide bonds. The average molecular weight is 261 g/mol. The standard InChI is InChI=1S/C16H23NO2/c1-19-14-5-4-13-11-17(8-2-3-9-18)12-16(6-7-16)15(13)10-14/h4-5,10,18H,2-3,6-9,11-12H2,1H3. The Morgan fingerprint density at radius 3 is 2.84 bits per heavy atom. The van der Waals surface area contributed by atoms with Crippen molar-refractivity contribution in [3.63, 3.8) is 0 Å². The molecule has 3 heteroatoms. The molecule has 3 rings (SSSR count). The molecule has 0 unspecified atom stereocenters. The summed E-state index contributed by atoms with van der Waals surface area (Å²) in [5.74, 6) is 0.985. The van der Waals surface area contributed by atoms with Gasteiger partial charge in [-0.3, -0.25) is 4.90 Å². The number of aliphatic hydroxyl groups excluding tert-OH is 1. The van der Waals surface area contributed by atoms with Crippen LogP contribution in [-0.4, -0.2) is 36.8 Å². The Hall–Kier alpha value is -1.06. The zero-order valence-electron chi connectivity index (χ0n) is 11.7. The zero-order valence-corrected chi connectivity index (χ0v) is 11.7. The monoisotopic (exact) mass is 261 g/mol. The van der Waals surface area contributed by atoms with Crippen LogP contribution in [-0.2, 0) is 12.0 Å². The topological polar surface area (TPSA) is 32.7 Å². The molecule has 0 aromatic heterocycles. The second-order valence-electron chi connectivity index (χ2n) is 5.94. The highest BCUT2D eigenvalue weighted by atomic mass is 16.5. The summed E-state index contributed by atoms with van der Waals surface area (Å²) >= 11 is 0. The van der Waals surface area contributed by atoms with Gasteiger partial charge in [0.05, 0.1) is 7.11 Å². The molecule has 19 heavy (non-hydrogen) atoms. The molecule has 0 radical (unpaired) electrons. The Balaban J connectivity index is 1.77. The van der Waals surface area contributed by atoms with Crippen molar-refractivity contribution in [1.82, 2.24) is 4.90 Å². The number of hydrogen-bond donors (Lipinski definition) is 1. The van der Waals surface area contributed by atoms with Crippen molar-refractivity contribution in [3.8, 4) is 5.75 Å². The first-order valence-corrected chi connectivity index (χ1v) is 7.28. The van der Waals surface area contributed by atoms with Gasteiger partial charge >= 0.3 is 0 Å². The summed E-state index contributed by atoms with van der Waals surface area (Å²) in [6, 6.07) is 6.55. The van der Waals surface area contributed by atoms with Crippen molar-refractivity contribution < 1.29 is 9.84 Å². The molecular weight excluding hydrogens is 238 g/mol. The zero-order chi connectivity index (χ0) is 13.3. The Bertz CT molecular complexity index is 454. The lowest BCUT2D eigenvalue weighted by molar-refractivity contribution is 0.206. The number of ether oxygens (including phenoxy) is 1. The summed E-state index contributed by atoms with van der Waals surface area (Å²) in [6.45, 7) is 3.64. The van der Waals surface area contributed by atoms with Crippen LogP contribution >= 0.6 is 0 Å². The summed E-state index contributed by atoms with van der Waals surface area (Å²) in [5.41, 5.74) is 3.39. The number of hydrogen-bond acceptors (Lipinski definition) is 3. The molecule has 1 aliphatic carbocycles. The minimum absolute atomic E-state index is 0.312. The van der Waals surface area contributed by atoms with Crippen LogP contribution in [0.5, 0.6) is 5.75 Å². The SMILES string of the molecule is COc1ccc2c(c1)C1(CC1)CN(CCCCO)C2. The van der Waals surface area contributed by atoms with Gasteiger partial charge < -0.3 is 9.84 Å². The van der Waals surface area contributed by atoms with Crippen LogP contribution in [0.25, 0.3) is 0 Å². The van der Waals surface area contributed by atoms with Crippen LogP contribution in [0.4, 0.5) is 0 Å². The molecule has 104 valence electrons. The van der Waals surface area contributed by atoms with Crippen LogP contribution in [0.3, 0.4) is 0 Å². The second kappa shape index (κ2) is 5.14. The molecule has 0 bridgehead atoms. The van der Waals surface area contributed by atoms with Gasteiger partial charge in [0.15, 0.2) is 0 Å². The predicted octanol–water partition coefficient (Wildman–Crippen LogP) is 2.31. The summed E-state index contributed by atoms with van der Waals surface area (Å²) in [7, 11) is 1.74. The maximum Gasteiger partial charge on any atom is 0.119 e. The molecule has 0 saturated heterocycles. The largest absolute Gasteiger partial charge is 0.497 e. The van der Waals surface area contributed by atoms with E-state index in [9.17, 15) is 0 Å². The van der Waals surface area contributed by atoms with Gasteiger partial charge in [-0.25, -0.2) is 0 Å². The summed E-state index contributed by atoms with van der Waals surface area (Å²) in [4.78, 5) is 2.55. The van der Waals surface area contributed by atoms with Crippen LogP contribution in [0, 0.1) is 0 Å². The van der Waals surface area contributed by atoms with E-state index in [4.69, 9.17) is 9.84 Å². The molecule has 1 aromatic rings. The van der Waals surface area contributed by atoms with Gasteiger partial charge in [0.25, 0.3) is 0 Å². The van der Waals surface area contributed by atoms with Gasteiger partial charge in [0.1, 0.15) is 5.75 Å². The molecule has 2 aliphatic rings. The first-order chi connectivity index (χ1) is 9.27. The van der Waals surface area contributed by atoms with Gasteiger partial charge in [0.2, 0.25) is 0 Å². The van der Waals surface area contributed by atoms with E-state index in [1.807, 2.05) is 0 Å². The third-order valence-electron chi connectivity index (χ3n) is 4.54. The Kier molecular flexibility index (Phi) is 3.50. The Labute approximate surface area is 115 Å². The van der Waals surface area contributed by atoms with E-state index in [0.29, 0.717) is 12.0 Å². The molecule has 1 N–H and O–H groups in total. The molecule has 1 aromatic carbocycles. The van der Waals surface area contributed by atoms with Gasteiger partial charge in [-0.15, -0.1) is 0 Å². The third kappa shape index (κ3) is 2.49. The van der Waals surface area contributed by atoms with E-state index < -0.39 is 0 Å². The minimum Gasteiger partial charge on any atom is -0.497 e. The van der Waals surface area contributed by atoms with E-state index in [1.165, 1.54) is 30.5 Å². The molecule has 1 heterocycles. The number of aliphatic hydroxyl groups is 1. The lowest BCUT2D eigenvalue weighted by Crippen LogP contribution is -2.38. The molecule has 1 spiro atoms. The van der Waals surface area contributed by atoms with Crippen LogP contribution < -0.4 is 4.74 Å². The number of fused-ring (bicyclic) bond motifs is 2. The summed E-state index contributed by atoms with van der Waals surface area (Å²) < 4.78 is 5.37. The number of methoxy groups -OCH3 is 1. The fraction of sp³-hybridized carbons (Fsp3) is 0.625. The van der Waals surface area contributed by atoms with Gasteiger partial charge in [-0.2, -0.15) is 0 Å². The Morgan fingerprint density at radius 2 is 2.16 bits per heavy atom. The fourth-order valence-electron chi connectivity index (χ4n) is 3.31.